The summed E-state index contributed by atoms with van der Waals surface area (Å²) in [5.74, 6) is 1.73. The third-order valence-corrected chi connectivity index (χ3v) is 7.77. The van der Waals surface area contributed by atoms with Gasteiger partial charge in [-0.05, 0) is 80.2 Å². The SMILES string of the molecule is CCCC(=O)NC1(C)CCC(c2ccc3[nH]c(-c4cc(OC)c5ncnn5c4)c(C(C)C)c3c2)CC1. The largest absolute Gasteiger partial charge is 0.493 e. The summed E-state index contributed by atoms with van der Waals surface area (Å²) in [5.41, 5.74) is 6.59. The van der Waals surface area contributed by atoms with Gasteiger partial charge >= 0.3 is 0 Å². The number of amides is 1. The van der Waals surface area contributed by atoms with Crippen molar-refractivity contribution in [1.82, 2.24) is 24.9 Å². The van der Waals surface area contributed by atoms with Crippen LogP contribution < -0.4 is 10.1 Å². The zero-order valence-electron chi connectivity index (χ0n) is 22.0. The van der Waals surface area contributed by atoms with Crippen molar-refractivity contribution in [2.45, 2.75) is 83.6 Å². The number of hydrogen-bond acceptors (Lipinski definition) is 4. The Labute approximate surface area is 212 Å². The highest BCUT2D eigenvalue weighted by Crippen LogP contribution is 2.42. The average Bonchev–Trinajstić information content (AvgIpc) is 3.48. The van der Waals surface area contributed by atoms with Crippen LogP contribution in [0.1, 0.15) is 89.2 Å². The van der Waals surface area contributed by atoms with Gasteiger partial charge in [0.05, 0.1) is 12.8 Å². The zero-order valence-corrected chi connectivity index (χ0v) is 22.0. The van der Waals surface area contributed by atoms with E-state index in [1.807, 2.05) is 12.3 Å². The van der Waals surface area contributed by atoms with Crippen molar-refractivity contribution in [1.29, 1.82) is 0 Å². The van der Waals surface area contributed by atoms with Crippen LogP contribution in [0.25, 0.3) is 27.8 Å². The Morgan fingerprint density at radius 1 is 1.28 bits per heavy atom. The van der Waals surface area contributed by atoms with E-state index in [2.05, 4.69) is 66.3 Å². The third kappa shape index (κ3) is 4.47. The molecule has 0 unspecified atom stereocenters. The molecule has 1 fully saturated rings. The first kappa shape index (κ1) is 24.3. The lowest BCUT2D eigenvalue weighted by molar-refractivity contribution is -0.123. The highest BCUT2D eigenvalue weighted by Gasteiger charge is 2.33. The molecule has 0 radical (unpaired) electrons. The lowest BCUT2D eigenvalue weighted by Gasteiger charge is -2.38. The fraction of sp³-hybridized carbons (Fsp3) is 0.483. The van der Waals surface area contributed by atoms with Crippen LogP contribution in [-0.2, 0) is 4.79 Å². The lowest BCUT2D eigenvalue weighted by atomic mass is 9.74. The fourth-order valence-corrected chi connectivity index (χ4v) is 5.83. The first-order chi connectivity index (χ1) is 17.3. The molecule has 4 aromatic rings. The quantitative estimate of drug-likeness (QED) is 0.318. The van der Waals surface area contributed by atoms with Crippen molar-refractivity contribution in [2.24, 2.45) is 0 Å². The van der Waals surface area contributed by atoms with Crippen molar-refractivity contribution >= 4 is 22.5 Å². The van der Waals surface area contributed by atoms with Gasteiger partial charge in [-0.2, -0.15) is 5.10 Å². The number of ether oxygens (including phenoxy) is 1. The predicted octanol–water partition coefficient (Wildman–Crippen LogP) is 6.34. The van der Waals surface area contributed by atoms with E-state index in [0.29, 0.717) is 29.7 Å². The molecule has 0 atom stereocenters. The summed E-state index contributed by atoms with van der Waals surface area (Å²) >= 11 is 0. The minimum Gasteiger partial charge on any atom is -0.493 e. The number of hydrogen-bond donors (Lipinski definition) is 2. The molecule has 7 nitrogen and oxygen atoms in total. The van der Waals surface area contributed by atoms with Gasteiger partial charge in [0, 0.05) is 34.6 Å². The first-order valence-corrected chi connectivity index (χ1v) is 13.2. The minimum absolute atomic E-state index is 0.0870. The minimum atomic E-state index is -0.0870. The molecule has 3 aromatic heterocycles. The molecular formula is C29H37N5O2. The number of nitrogens with zero attached hydrogens (tertiary/aromatic N) is 3. The average molecular weight is 488 g/mol. The van der Waals surface area contributed by atoms with Crippen LogP contribution in [-0.4, -0.2) is 38.1 Å². The molecule has 5 rings (SSSR count). The van der Waals surface area contributed by atoms with E-state index >= 15 is 0 Å². The Balaban J connectivity index is 1.47. The van der Waals surface area contributed by atoms with Gasteiger partial charge in [0.25, 0.3) is 0 Å². The van der Waals surface area contributed by atoms with Crippen molar-refractivity contribution in [3.8, 4) is 17.0 Å². The second kappa shape index (κ2) is 9.60. The predicted molar refractivity (Wildman–Crippen MR) is 144 cm³/mol. The maximum Gasteiger partial charge on any atom is 0.220 e. The van der Waals surface area contributed by atoms with Crippen molar-refractivity contribution in [3.63, 3.8) is 0 Å². The number of carbonyl (C=O) groups excluding carboxylic acids is 1. The Morgan fingerprint density at radius 3 is 2.75 bits per heavy atom. The fourth-order valence-electron chi connectivity index (χ4n) is 5.83. The molecule has 0 spiro atoms. The Morgan fingerprint density at radius 2 is 2.06 bits per heavy atom. The standard InChI is InChI=1S/C29H37N5O2/c1-6-7-25(35)33-29(4)12-10-19(11-13-29)20-8-9-23-22(14-20)26(18(2)3)27(32-23)21-15-24(36-5)28-30-17-31-34(28)16-21/h8-9,14-19,32H,6-7,10-13H2,1-5H3,(H,33,35). The van der Waals surface area contributed by atoms with Crippen LogP contribution >= 0.6 is 0 Å². The van der Waals surface area contributed by atoms with E-state index in [1.165, 1.54) is 16.5 Å². The summed E-state index contributed by atoms with van der Waals surface area (Å²) < 4.78 is 7.38. The van der Waals surface area contributed by atoms with Crippen molar-refractivity contribution in [3.05, 3.63) is 47.9 Å². The summed E-state index contributed by atoms with van der Waals surface area (Å²) in [6.45, 7) is 8.75. The van der Waals surface area contributed by atoms with E-state index in [9.17, 15) is 4.79 Å². The molecule has 36 heavy (non-hydrogen) atoms. The van der Waals surface area contributed by atoms with Crippen LogP contribution in [0, 0.1) is 0 Å². The highest BCUT2D eigenvalue weighted by atomic mass is 16.5. The number of H-pyrrole nitrogens is 1. The van der Waals surface area contributed by atoms with Crippen molar-refractivity contribution in [2.75, 3.05) is 7.11 Å². The first-order valence-electron chi connectivity index (χ1n) is 13.2. The molecule has 3 heterocycles. The van der Waals surface area contributed by atoms with E-state index in [0.717, 1.165) is 48.9 Å². The second-order valence-corrected chi connectivity index (χ2v) is 10.8. The molecular weight excluding hydrogens is 450 g/mol. The molecule has 0 aliphatic heterocycles. The number of pyridine rings is 1. The number of rotatable bonds is 7. The third-order valence-electron chi connectivity index (χ3n) is 7.77. The number of aromatic nitrogens is 4. The van der Waals surface area contributed by atoms with Gasteiger partial charge in [0.2, 0.25) is 5.91 Å². The van der Waals surface area contributed by atoms with Gasteiger partial charge in [-0.1, -0.05) is 26.8 Å². The topological polar surface area (TPSA) is 84.3 Å². The van der Waals surface area contributed by atoms with E-state index in [4.69, 9.17) is 4.74 Å². The summed E-state index contributed by atoms with van der Waals surface area (Å²) in [6, 6.07) is 8.92. The maximum absolute atomic E-state index is 12.2. The molecule has 1 saturated carbocycles. The van der Waals surface area contributed by atoms with Gasteiger partial charge in [0.15, 0.2) is 11.4 Å². The van der Waals surface area contributed by atoms with E-state index in [1.54, 1.807) is 18.0 Å². The number of methoxy groups -OCH3 is 1. The van der Waals surface area contributed by atoms with Crippen LogP contribution in [0.2, 0.25) is 0 Å². The molecule has 0 saturated heterocycles. The van der Waals surface area contributed by atoms with Gasteiger partial charge in [-0.25, -0.2) is 9.50 Å². The summed E-state index contributed by atoms with van der Waals surface area (Å²) in [4.78, 5) is 20.2. The van der Waals surface area contributed by atoms with Crippen LogP contribution in [0.15, 0.2) is 36.8 Å². The molecule has 1 aromatic carbocycles. The summed E-state index contributed by atoms with van der Waals surface area (Å²) in [7, 11) is 1.67. The molecule has 1 aliphatic carbocycles. The number of fused-ring (bicyclic) bond motifs is 2. The Hall–Kier alpha value is -3.35. The molecule has 1 aliphatic rings. The van der Waals surface area contributed by atoms with E-state index < -0.39 is 0 Å². The van der Waals surface area contributed by atoms with Gasteiger partial charge < -0.3 is 15.0 Å². The van der Waals surface area contributed by atoms with Gasteiger partial charge in [-0.15, -0.1) is 0 Å². The van der Waals surface area contributed by atoms with Crippen LogP contribution in [0.5, 0.6) is 5.75 Å². The smallest absolute Gasteiger partial charge is 0.220 e. The van der Waals surface area contributed by atoms with E-state index in [-0.39, 0.29) is 11.4 Å². The number of benzene rings is 1. The number of nitrogens with one attached hydrogen (secondary N) is 2. The zero-order chi connectivity index (χ0) is 25.4. The van der Waals surface area contributed by atoms with Gasteiger partial charge in [-0.3, -0.25) is 4.79 Å². The molecule has 1 amide bonds. The molecule has 190 valence electrons. The molecule has 0 bridgehead atoms. The normalized spacial score (nSPS) is 20.3. The Bertz CT molecular complexity index is 1390. The number of carbonyl (C=O) groups is 1. The highest BCUT2D eigenvalue weighted by molar-refractivity contribution is 5.92. The number of aromatic amines is 1. The van der Waals surface area contributed by atoms with Crippen molar-refractivity contribution < 1.29 is 9.53 Å². The summed E-state index contributed by atoms with van der Waals surface area (Å²) in [6.07, 6.45) is 9.26. The Kier molecular flexibility index (Phi) is 6.49. The molecule has 7 heteroatoms. The van der Waals surface area contributed by atoms with Gasteiger partial charge in [0.1, 0.15) is 6.33 Å². The maximum atomic E-state index is 12.2. The second-order valence-electron chi connectivity index (χ2n) is 10.8. The monoisotopic (exact) mass is 487 g/mol. The van der Waals surface area contributed by atoms with Crippen LogP contribution in [0.4, 0.5) is 0 Å². The lowest BCUT2D eigenvalue weighted by Crippen LogP contribution is -2.48. The summed E-state index contributed by atoms with van der Waals surface area (Å²) in [5, 5.41) is 8.92. The molecule has 2 N–H and O–H groups in total. The van der Waals surface area contributed by atoms with Crippen LogP contribution in [0.3, 0.4) is 0 Å².